The summed E-state index contributed by atoms with van der Waals surface area (Å²) in [5.74, 6) is 0. The molecule has 2 aromatic carbocycles. The normalized spacial score (nSPS) is 8.44. The highest BCUT2D eigenvalue weighted by Crippen LogP contribution is 2.08. The Hall–Kier alpha value is -2.51. The first-order valence-electron chi connectivity index (χ1n) is 8.74. The molecule has 0 fully saturated rings. The van der Waals surface area contributed by atoms with Gasteiger partial charge in [0, 0.05) is 37.5 Å². The standard InChI is InChI=1S/C8H18O2.2C6H5N2.ClH/c1-3-5-9-7-8-10-6-4-2;2*7-8-6-4-2-1-3-5-6;/h3-8H2,1-2H3;2*1-5H;1H/q;2*+1;/p-1. The molecule has 0 aromatic heterocycles. The lowest BCUT2D eigenvalue weighted by molar-refractivity contribution is -0.00000671. The van der Waals surface area contributed by atoms with E-state index in [1.807, 2.05) is 36.4 Å². The summed E-state index contributed by atoms with van der Waals surface area (Å²) in [7, 11) is 0. The zero-order valence-electron chi connectivity index (χ0n) is 16.0. The molecule has 7 heteroatoms. The molecule has 0 unspecified atom stereocenters. The van der Waals surface area contributed by atoms with Gasteiger partial charge in [0.15, 0.2) is 9.95 Å². The number of benzene rings is 2. The molecule has 0 bridgehead atoms. The van der Waals surface area contributed by atoms with Gasteiger partial charge in [-0.1, -0.05) is 50.2 Å². The van der Waals surface area contributed by atoms with Gasteiger partial charge in [0.2, 0.25) is 10.8 Å². The highest BCUT2D eigenvalue weighted by molar-refractivity contribution is 5.42. The summed E-state index contributed by atoms with van der Waals surface area (Å²) in [5.41, 5.74) is 1.18. The van der Waals surface area contributed by atoms with Crippen LogP contribution in [-0.2, 0) is 9.47 Å². The molecule has 146 valence electrons. The van der Waals surface area contributed by atoms with E-state index in [-0.39, 0.29) is 12.4 Å². The van der Waals surface area contributed by atoms with Gasteiger partial charge in [0.1, 0.15) is 0 Å². The largest absolute Gasteiger partial charge is 1.00 e. The molecule has 2 rings (SSSR count). The van der Waals surface area contributed by atoms with Crippen molar-refractivity contribution in [1.82, 2.24) is 0 Å². The van der Waals surface area contributed by atoms with Gasteiger partial charge in [-0.25, -0.2) is 0 Å². The number of hydrogen-bond acceptors (Lipinski definition) is 4. The van der Waals surface area contributed by atoms with Crippen molar-refractivity contribution in [1.29, 1.82) is 10.8 Å². The number of rotatable bonds is 7. The third-order valence-corrected chi connectivity index (χ3v) is 2.81. The number of halogens is 1. The number of diazo groups is 2. The van der Waals surface area contributed by atoms with Crippen LogP contribution in [0.1, 0.15) is 26.7 Å². The Morgan fingerprint density at radius 3 is 1.19 bits per heavy atom. The molecule has 0 aliphatic heterocycles. The van der Waals surface area contributed by atoms with Crippen LogP contribution >= 0.6 is 0 Å². The maximum absolute atomic E-state index is 8.16. The van der Waals surface area contributed by atoms with Crippen molar-refractivity contribution in [3.8, 4) is 0 Å². The summed E-state index contributed by atoms with van der Waals surface area (Å²) in [6.07, 6.45) is 2.18. The van der Waals surface area contributed by atoms with Gasteiger partial charge in [0.05, 0.1) is 13.2 Å². The first-order valence-corrected chi connectivity index (χ1v) is 8.74. The Kier molecular flexibility index (Phi) is 21.3. The van der Waals surface area contributed by atoms with Crippen molar-refractivity contribution < 1.29 is 21.9 Å². The lowest BCUT2D eigenvalue weighted by Gasteiger charge is -2.02. The van der Waals surface area contributed by atoms with E-state index in [4.69, 9.17) is 20.3 Å². The molecular formula is C20H28ClN4O2+. The van der Waals surface area contributed by atoms with Crippen LogP contribution in [0.25, 0.3) is 9.95 Å². The monoisotopic (exact) mass is 391 g/mol. The lowest BCUT2D eigenvalue weighted by Crippen LogP contribution is -3.00. The summed E-state index contributed by atoms with van der Waals surface area (Å²) in [6.45, 7) is 7.41. The molecule has 0 spiro atoms. The number of hydrogen-bond donors (Lipinski definition) is 0. The van der Waals surface area contributed by atoms with Crippen molar-refractivity contribution in [3.63, 3.8) is 0 Å². The molecule has 27 heavy (non-hydrogen) atoms. The predicted octanol–water partition coefficient (Wildman–Crippen LogP) is 3.19. The number of ether oxygens (including phenoxy) is 2. The first kappa shape index (κ1) is 26.7. The van der Waals surface area contributed by atoms with Crippen LogP contribution < -0.4 is 12.4 Å². The Morgan fingerprint density at radius 1 is 0.630 bits per heavy atom. The van der Waals surface area contributed by atoms with Gasteiger partial charge < -0.3 is 21.9 Å². The van der Waals surface area contributed by atoms with Crippen LogP contribution in [0.15, 0.2) is 60.7 Å². The second kappa shape index (κ2) is 21.5. The van der Waals surface area contributed by atoms with E-state index in [0.29, 0.717) is 11.4 Å². The van der Waals surface area contributed by atoms with Crippen LogP contribution in [0.5, 0.6) is 0 Å². The zero-order valence-corrected chi connectivity index (χ0v) is 16.8. The lowest BCUT2D eigenvalue weighted by atomic mass is 10.3. The summed E-state index contributed by atoms with van der Waals surface area (Å²) >= 11 is 0. The first-order chi connectivity index (χ1) is 12.8. The SMILES string of the molecule is CCCOCCOCCC.N#[N+]c1ccccc1.N#[N+]c1ccccc1.[Cl-]. The van der Waals surface area contributed by atoms with Crippen molar-refractivity contribution in [2.75, 3.05) is 26.4 Å². The predicted molar refractivity (Wildman–Crippen MR) is 105 cm³/mol. The van der Waals surface area contributed by atoms with Crippen LogP contribution in [-0.4, -0.2) is 26.4 Å². The van der Waals surface area contributed by atoms with E-state index < -0.39 is 0 Å². The smallest absolute Gasteiger partial charge is 0.385 e. The summed E-state index contributed by atoms with van der Waals surface area (Å²) in [5, 5.41) is 16.3. The van der Waals surface area contributed by atoms with Gasteiger partial charge in [0.25, 0.3) is 0 Å². The third-order valence-electron chi connectivity index (χ3n) is 2.81. The highest BCUT2D eigenvalue weighted by atomic mass is 35.5. The Morgan fingerprint density at radius 2 is 0.963 bits per heavy atom. The summed E-state index contributed by atoms with van der Waals surface area (Å²) < 4.78 is 10.4. The molecule has 0 aliphatic carbocycles. The minimum Gasteiger partial charge on any atom is -1.00 e. The highest BCUT2D eigenvalue weighted by Gasteiger charge is 1.96. The fourth-order valence-corrected chi connectivity index (χ4v) is 1.60. The fraction of sp³-hybridized carbons (Fsp3) is 0.400. The van der Waals surface area contributed by atoms with Gasteiger partial charge in [-0.3, -0.25) is 0 Å². The van der Waals surface area contributed by atoms with E-state index in [2.05, 4.69) is 23.8 Å². The average Bonchev–Trinajstić information content (AvgIpc) is 2.73. The third kappa shape index (κ3) is 18.1. The average molecular weight is 392 g/mol. The molecule has 0 N–H and O–H groups in total. The molecule has 0 saturated carbocycles. The Bertz CT molecular complexity index is 570. The molecule has 6 nitrogen and oxygen atoms in total. The van der Waals surface area contributed by atoms with Crippen LogP contribution in [0.4, 0.5) is 11.4 Å². The molecule has 0 heterocycles. The van der Waals surface area contributed by atoms with E-state index in [9.17, 15) is 0 Å². The Labute approximate surface area is 168 Å². The maximum atomic E-state index is 8.16. The fourth-order valence-electron chi connectivity index (χ4n) is 1.60. The quantitative estimate of drug-likeness (QED) is 0.536. The van der Waals surface area contributed by atoms with Crippen molar-refractivity contribution in [2.45, 2.75) is 26.7 Å². The second-order valence-electron chi connectivity index (χ2n) is 5.10. The minimum atomic E-state index is 0. The summed E-state index contributed by atoms with van der Waals surface area (Å²) in [4.78, 5) is 5.94. The Balaban J connectivity index is 0. The van der Waals surface area contributed by atoms with Crippen LogP contribution in [0.2, 0.25) is 0 Å². The second-order valence-corrected chi connectivity index (χ2v) is 5.10. The maximum Gasteiger partial charge on any atom is 0.385 e. The van der Waals surface area contributed by atoms with E-state index >= 15 is 0 Å². The van der Waals surface area contributed by atoms with Crippen molar-refractivity contribution in [2.24, 2.45) is 0 Å². The topological polar surface area (TPSA) is 74.8 Å². The zero-order chi connectivity index (χ0) is 19.3. The molecule has 0 aliphatic rings. The van der Waals surface area contributed by atoms with Gasteiger partial charge >= 0.3 is 11.4 Å². The molecular weight excluding hydrogens is 364 g/mol. The number of nitrogens with zero attached hydrogens (tertiary/aromatic N) is 4. The molecule has 0 radical (unpaired) electrons. The van der Waals surface area contributed by atoms with E-state index in [1.54, 1.807) is 24.3 Å². The van der Waals surface area contributed by atoms with Crippen LogP contribution in [0.3, 0.4) is 0 Å². The van der Waals surface area contributed by atoms with Crippen molar-refractivity contribution >= 4 is 11.4 Å². The molecule has 0 atom stereocenters. The summed E-state index contributed by atoms with van der Waals surface area (Å²) in [6, 6.07) is 17.9. The molecule has 0 saturated heterocycles. The van der Waals surface area contributed by atoms with Gasteiger partial charge in [-0.2, -0.15) is 0 Å². The molecule has 0 amide bonds. The van der Waals surface area contributed by atoms with Gasteiger partial charge in [-0.15, -0.1) is 0 Å². The van der Waals surface area contributed by atoms with E-state index in [1.165, 1.54) is 0 Å². The molecule has 2 aromatic rings. The van der Waals surface area contributed by atoms with Crippen molar-refractivity contribution in [3.05, 3.63) is 70.6 Å². The minimum absolute atomic E-state index is 0. The van der Waals surface area contributed by atoms with Gasteiger partial charge in [-0.05, 0) is 12.8 Å². The van der Waals surface area contributed by atoms with Crippen LogP contribution in [0, 0.1) is 10.8 Å². The van der Waals surface area contributed by atoms with E-state index in [0.717, 1.165) is 39.3 Å².